The van der Waals surface area contributed by atoms with E-state index in [0.717, 1.165) is 60.4 Å². The standard InChI is InChI=1S/C28H27N3O4S/c32-27(33)10-2-1-5-16-29-18-15-20(23-8-3-4-9-24(23)29)11-12-21-7-6-17-30-25-14-13-22(31(34)35)19-26(25)36-28(21)30/h3-4,8-9,11-15,18-19H,1-2,5-7,10,16-17H2. The highest BCUT2D eigenvalue weighted by Crippen LogP contribution is 2.50. The lowest BCUT2D eigenvalue weighted by atomic mass is 10.0. The van der Waals surface area contributed by atoms with Crippen molar-refractivity contribution in [1.29, 1.82) is 0 Å². The minimum atomic E-state index is -0.984. The van der Waals surface area contributed by atoms with Crippen LogP contribution in [0.25, 0.3) is 17.0 Å². The third kappa shape index (κ3) is 4.99. The number of aromatic nitrogens is 1. The Bertz CT molecular complexity index is 1400. The van der Waals surface area contributed by atoms with Crippen molar-refractivity contribution in [3.8, 4) is 0 Å². The lowest BCUT2D eigenvalue weighted by Gasteiger charge is -2.27. The monoisotopic (exact) mass is 501 g/mol. The lowest BCUT2D eigenvalue weighted by Crippen LogP contribution is -2.34. The van der Waals surface area contributed by atoms with Gasteiger partial charge in [0.05, 0.1) is 21.0 Å². The van der Waals surface area contributed by atoms with E-state index < -0.39 is 5.97 Å². The number of thioether (sulfide) groups is 1. The van der Waals surface area contributed by atoms with E-state index >= 15 is 0 Å². The van der Waals surface area contributed by atoms with Crippen LogP contribution in [-0.2, 0) is 11.3 Å². The Hall–Kier alpha value is -3.65. The number of allylic oxidation sites excluding steroid dienone is 2. The maximum Gasteiger partial charge on any atom is 0.270 e. The summed E-state index contributed by atoms with van der Waals surface area (Å²) in [5.74, 6) is -0.984. The number of nitro groups is 1. The Kier molecular flexibility index (Phi) is 7.04. The van der Waals surface area contributed by atoms with Crippen LogP contribution in [0.5, 0.6) is 0 Å². The molecule has 2 aromatic carbocycles. The fourth-order valence-corrected chi connectivity index (χ4v) is 6.18. The lowest BCUT2D eigenvalue weighted by molar-refractivity contribution is -0.671. The summed E-state index contributed by atoms with van der Waals surface area (Å²) in [6.45, 7) is 1.75. The molecular formula is C28H27N3O4S. The number of rotatable bonds is 9. The van der Waals surface area contributed by atoms with Crippen LogP contribution < -0.4 is 14.6 Å². The molecule has 2 aliphatic heterocycles. The van der Waals surface area contributed by atoms with Gasteiger partial charge < -0.3 is 14.8 Å². The van der Waals surface area contributed by atoms with Gasteiger partial charge in [0.15, 0.2) is 6.20 Å². The van der Waals surface area contributed by atoms with Crippen LogP contribution >= 0.6 is 11.8 Å². The molecule has 36 heavy (non-hydrogen) atoms. The number of carbonyl (C=O) groups is 1. The highest BCUT2D eigenvalue weighted by Gasteiger charge is 2.31. The second-order valence-electron chi connectivity index (χ2n) is 9.09. The van der Waals surface area contributed by atoms with E-state index in [2.05, 4.69) is 46.0 Å². The summed E-state index contributed by atoms with van der Waals surface area (Å²) in [5.41, 5.74) is 4.72. The minimum absolute atomic E-state index is 0.116. The summed E-state index contributed by atoms with van der Waals surface area (Å²) < 4.78 is 2.23. The van der Waals surface area contributed by atoms with Gasteiger partial charge in [0.25, 0.3) is 5.69 Å². The predicted molar refractivity (Wildman–Crippen MR) is 139 cm³/mol. The molecule has 0 saturated heterocycles. The van der Waals surface area contributed by atoms with Gasteiger partial charge in [0, 0.05) is 48.1 Å². The van der Waals surface area contributed by atoms with Gasteiger partial charge in [0.2, 0.25) is 5.52 Å². The number of carboxylic acid groups (broad SMARTS) is 1. The maximum absolute atomic E-state index is 11.2. The van der Waals surface area contributed by atoms with E-state index in [0.29, 0.717) is 6.42 Å². The molecule has 0 spiro atoms. The van der Waals surface area contributed by atoms with Crippen molar-refractivity contribution in [3.05, 3.63) is 87.1 Å². The van der Waals surface area contributed by atoms with E-state index in [4.69, 9.17) is 0 Å². The Balaban J connectivity index is 1.38. The van der Waals surface area contributed by atoms with Crippen LogP contribution in [0.15, 0.2) is 76.3 Å². The van der Waals surface area contributed by atoms with Crippen molar-refractivity contribution in [3.63, 3.8) is 0 Å². The third-order valence-corrected chi connectivity index (χ3v) is 7.92. The predicted octanol–water partition coefficient (Wildman–Crippen LogP) is 4.98. The highest BCUT2D eigenvalue weighted by atomic mass is 32.2. The third-order valence-electron chi connectivity index (χ3n) is 6.70. The zero-order valence-corrected chi connectivity index (χ0v) is 20.7. The molecule has 0 aliphatic carbocycles. The molecule has 184 valence electrons. The van der Waals surface area contributed by atoms with E-state index in [1.165, 1.54) is 16.0 Å². The Morgan fingerprint density at radius 3 is 2.81 bits per heavy atom. The first-order valence-electron chi connectivity index (χ1n) is 12.3. The molecule has 0 radical (unpaired) electrons. The number of anilines is 1. The first kappa shape index (κ1) is 24.1. The molecule has 0 saturated carbocycles. The number of pyridine rings is 1. The smallest absolute Gasteiger partial charge is 0.270 e. The van der Waals surface area contributed by atoms with Gasteiger partial charge in [-0.15, -0.1) is 0 Å². The number of fused-ring (bicyclic) bond motifs is 4. The van der Waals surface area contributed by atoms with E-state index in [-0.39, 0.29) is 17.0 Å². The molecule has 1 aromatic heterocycles. The average molecular weight is 502 g/mol. The number of para-hydroxylation sites is 1. The number of aryl methyl sites for hydroxylation is 1. The molecule has 8 heteroatoms. The summed E-state index contributed by atoms with van der Waals surface area (Å²) in [4.78, 5) is 24.7. The normalized spacial score (nSPS) is 14.9. The summed E-state index contributed by atoms with van der Waals surface area (Å²) in [7, 11) is 0. The second-order valence-corrected chi connectivity index (χ2v) is 10.1. The summed E-state index contributed by atoms with van der Waals surface area (Å²) in [6.07, 6.45) is 11.0. The van der Waals surface area contributed by atoms with Crippen molar-refractivity contribution in [2.45, 2.75) is 50.0 Å². The fourth-order valence-electron chi connectivity index (χ4n) is 4.91. The minimum Gasteiger partial charge on any atom is -0.550 e. The number of carbonyl (C=O) groups excluding carboxylic acids is 1. The molecule has 0 bridgehead atoms. The number of aliphatic carboxylic acids is 1. The fraction of sp³-hybridized carbons (Fsp3) is 0.286. The zero-order valence-electron chi connectivity index (χ0n) is 19.9. The largest absolute Gasteiger partial charge is 0.550 e. The van der Waals surface area contributed by atoms with E-state index in [1.54, 1.807) is 23.9 Å². The van der Waals surface area contributed by atoms with Crippen LogP contribution in [0, 0.1) is 10.1 Å². The number of unbranched alkanes of at least 4 members (excludes halogenated alkanes) is 2. The van der Waals surface area contributed by atoms with Gasteiger partial charge in [-0.25, -0.2) is 0 Å². The quantitative estimate of drug-likeness (QED) is 0.178. The summed E-state index contributed by atoms with van der Waals surface area (Å²) in [6, 6.07) is 15.6. The van der Waals surface area contributed by atoms with Crippen molar-refractivity contribution >= 4 is 46.1 Å². The molecule has 0 atom stereocenters. The molecule has 5 rings (SSSR count). The number of hydrogen-bond acceptors (Lipinski definition) is 6. The van der Waals surface area contributed by atoms with Crippen LogP contribution in [0.3, 0.4) is 0 Å². The Morgan fingerprint density at radius 1 is 1.11 bits per heavy atom. The number of non-ortho nitro benzene ring substituents is 1. The molecule has 0 N–H and O–H groups in total. The zero-order chi connectivity index (χ0) is 25.1. The van der Waals surface area contributed by atoms with Crippen LogP contribution in [-0.4, -0.2) is 17.4 Å². The summed E-state index contributed by atoms with van der Waals surface area (Å²) in [5, 5.41) is 24.2. The first-order chi connectivity index (χ1) is 17.5. The molecule has 0 amide bonds. The van der Waals surface area contributed by atoms with Crippen molar-refractivity contribution in [2.75, 3.05) is 11.4 Å². The molecule has 3 aromatic rings. The van der Waals surface area contributed by atoms with Gasteiger partial charge in [-0.1, -0.05) is 36.0 Å². The van der Waals surface area contributed by atoms with E-state index in [9.17, 15) is 20.0 Å². The van der Waals surface area contributed by atoms with Gasteiger partial charge in [-0.2, -0.15) is 4.57 Å². The number of carboxylic acids is 1. The number of nitrogens with zero attached hydrogens (tertiary/aromatic N) is 3. The number of nitro benzene ring substituents is 1. The van der Waals surface area contributed by atoms with Crippen molar-refractivity contribution in [1.82, 2.24) is 0 Å². The molecule has 3 heterocycles. The van der Waals surface area contributed by atoms with Gasteiger partial charge in [-0.3, -0.25) is 10.1 Å². The molecule has 2 aliphatic rings. The first-order valence-corrected chi connectivity index (χ1v) is 13.1. The van der Waals surface area contributed by atoms with Crippen molar-refractivity contribution < 1.29 is 19.4 Å². The van der Waals surface area contributed by atoms with Gasteiger partial charge in [-0.05, 0) is 55.4 Å². The maximum atomic E-state index is 11.2. The second kappa shape index (κ2) is 10.5. The average Bonchev–Trinajstić information content (AvgIpc) is 3.26. The number of benzene rings is 2. The van der Waals surface area contributed by atoms with Gasteiger partial charge >= 0.3 is 0 Å². The molecule has 0 unspecified atom stereocenters. The van der Waals surface area contributed by atoms with Crippen LogP contribution in [0.4, 0.5) is 11.4 Å². The molecule has 7 nitrogen and oxygen atoms in total. The van der Waals surface area contributed by atoms with Crippen LogP contribution in [0.1, 0.15) is 44.1 Å². The molecular weight excluding hydrogens is 474 g/mol. The van der Waals surface area contributed by atoms with Crippen molar-refractivity contribution in [2.24, 2.45) is 0 Å². The summed E-state index contributed by atoms with van der Waals surface area (Å²) >= 11 is 1.62. The molecule has 0 fully saturated rings. The topological polar surface area (TPSA) is 90.4 Å². The Morgan fingerprint density at radius 2 is 1.97 bits per heavy atom. The van der Waals surface area contributed by atoms with E-state index in [1.807, 2.05) is 18.2 Å². The van der Waals surface area contributed by atoms with Gasteiger partial charge in [0.1, 0.15) is 6.54 Å². The SMILES string of the molecule is O=C([O-])CCCCC[n+]1ccc(/C=C/C2=C3Sc4cc([N+](=O)[O-])ccc4N3CCC2)c2ccccc21. The highest BCUT2D eigenvalue weighted by molar-refractivity contribution is 8.03. The Labute approximate surface area is 213 Å². The van der Waals surface area contributed by atoms with Crippen LogP contribution in [0.2, 0.25) is 0 Å². The number of hydrogen-bond donors (Lipinski definition) is 0.